The van der Waals surface area contributed by atoms with Crippen molar-refractivity contribution in [1.29, 1.82) is 0 Å². The van der Waals surface area contributed by atoms with Crippen molar-refractivity contribution >= 4 is 5.97 Å². The van der Waals surface area contributed by atoms with Crippen molar-refractivity contribution < 1.29 is 14.6 Å². The summed E-state index contributed by atoms with van der Waals surface area (Å²) in [5.41, 5.74) is 0. The highest BCUT2D eigenvalue weighted by molar-refractivity contribution is 5.81. The predicted molar refractivity (Wildman–Crippen MR) is 37.1 cm³/mol. The van der Waals surface area contributed by atoms with Crippen molar-refractivity contribution in [2.75, 3.05) is 0 Å². The smallest absolute Gasteiger partial charge is 0.332 e. The van der Waals surface area contributed by atoms with Gasteiger partial charge in [0.15, 0.2) is 0 Å². The van der Waals surface area contributed by atoms with Crippen molar-refractivity contribution in [2.24, 2.45) is 0 Å². The van der Waals surface area contributed by atoms with Gasteiger partial charge in [-0.25, -0.2) is 4.79 Å². The van der Waals surface area contributed by atoms with Gasteiger partial charge in [0.1, 0.15) is 0 Å². The maximum atomic E-state index is 10.5. The zero-order valence-electron chi connectivity index (χ0n) is 5.78. The Morgan fingerprint density at radius 2 is 2.40 bits per heavy atom. The zero-order chi connectivity index (χ0) is 7.98. The van der Waals surface area contributed by atoms with Crippen LogP contribution >= 0.6 is 0 Å². The minimum atomic E-state index is -1.20. The second-order valence-corrected chi connectivity index (χ2v) is 1.56. The molecule has 1 unspecified atom stereocenters. The number of hydrogen-bond acceptors (Lipinski definition) is 3. The maximum Gasteiger partial charge on any atom is 0.332 e. The number of hydrogen-bond donors (Lipinski definition) is 1. The van der Waals surface area contributed by atoms with E-state index < -0.39 is 12.3 Å². The predicted octanol–water partition coefficient (Wildman–Crippen LogP) is 0.610. The molecule has 1 atom stereocenters. The molecule has 3 nitrogen and oxygen atoms in total. The molecule has 0 aromatic rings. The third kappa shape index (κ3) is 3.86. The fourth-order valence-corrected chi connectivity index (χ4v) is 0.342. The summed E-state index contributed by atoms with van der Waals surface area (Å²) in [7, 11) is 0. The highest BCUT2D eigenvalue weighted by atomic mass is 16.6. The summed E-state index contributed by atoms with van der Waals surface area (Å²) in [6, 6.07) is 0. The Balaban J connectivity index is 3.67. The molecular formula is C7H10O3. The van der Waals surface area contributed by atoms with Gasteiger partial charge >= 0.3 is 5.97 Å². The number of ether oxygens (including phenoxy) is 1. The average Bonchev–Trinajstić information content (AvgIpc) is 1.88. The number of carbonyl (C=O) groups excluding carboxylic acids is 1. The lowest BCUT2D eigenvalue weighted by Gasteiger charge is -2.03. The molecule has 0 amide bonds. The Kier molecular flexibility index (Phi) is 4.24. The minimum Gasteiger partial charge on any atom is -0.429 e. The summed E-state index contributed by atoms with van der Waals surface area (Å²) >= 11 is 0. The average molecular weight is 142 g/mol. The SMILES string of the molecule is C=CC(O)OC(=O)C=CC. The van der Waals surface area contributed by atoms with Gasteiger partial charge in [0.25, 0.3) is 0 Å². The van der Waals surface area contributed by atoms with Crippen LogP contribution in [0.3, 0.4) is 0 Å². The van der Waals surface area contributed by atoms with Crippen molar-refractivity contribution in [3.05, 3.63) is 24.8 Å². The topological polar surface area (TPSA) is 46.5 Å². The van der Waals surface area contributed by atoms with Gasteiger partial charge in [0, 0.05) is 6.08 Å². The summed E-state index contributed by atoms with van der Waals surface area (Å²) in [4.78, 5) is 10.5. The van der Waals surface area contributed by atoms with Gasteiger partial charge in [0.05, 0.1) is 0 Å². The van der Waals surface area contributed by atoms with Crippen LogP contribution in [0.5, 0.6) is 0 Å². The molecule has 0 fully saturated rings. The van der Waals surface area contributed by atoms with Crippen LogP contribution in [0.4, 0.5) is 0 Å². The molecule has 1 N–H and O–H groups in total. The summed E-state index contributed by atoms with van der Waals surface area (Å²) in [6.07, 6.45) is 2.66. The largest absolute Gasteiger partial charge is 0.429 e. The molecule has 0 aliphatic carbocycles. The minimum absolute atomic E-state index is 0.574. The van der Waals surface area contributed by atoms with Gasteiger partial charge in [-0.05, 0) is 13.0 Å². The number of aliphatic hydroxyl groups is 1. The lowest BCUT2D eigenvalue weighted by atomic mass is 10.5. The molecule has 3 heteroatoms. The number of aliphatic hydroxyl groups excluding tert-OH is 1. The van der Waals surface area contributed by atoms with E-state index in [1.54, 1.807) is 6.92 Å². The fourth-order valence-electron chi connectivity index (χ4n) is 0.342. The number of esters is 1. The molecule has 0 radical (unpaired) electrons. The van der Waals surface area contributed by atoms with Gasteiger partial charge < -0.3 is 9.84 Å². The van der Waals surface area contributed by atoms with Crippen LogP contribution in [-0.2, 0) is 9.53 Å². The van der Waals surface area contributed by atoms with Crippen molar-refractivity contribution in [3.8, 4) is 0 Å². The van der Waals surface area contributed by atoms with Gasteiger partial charge in [-0.3, -0.25) is 0 Å². The lowest BCUT2D eigenvalue weighted by Crippen LogP contribution is -2.12. The van der Waals surface area contributed by atoms with E-state index >= 15 is 0 Å². The van der Waals surface area contributed by atoms with Crippen molar-refractivity contribution in [2.45, 2.75) is 13.2 Å². The highest BCUT2D eigenvalue weighted by Crippen LogP contribution is 1.89. The molecule has 56 valence electrons. The zero-order valence-corrected chi connectivity index (χ0v) is 5.78. The van der Waals surface area contributed by atoms with Crippen LogP contribution in [0, 0.1) is 0 Å². The molecule has 0 bridgehead atoms. The van der Waals surface area contributed by atoms with Crippen LogP contribution in [-0.4, -0.2) is 17.4 Å². The first kappa shape index (κ1) is 8.91. The van der Waals surface area contributed by atoms with Crippen molar-refractivity contribution in [1.82, 2.24) is 0 Å². The van der Waals surface area contributed by atoms with E-state index in [2.05, 4.69) is 11.3 Å². The lowest BCUT2D eigenvalue weighted by molar-refractivity contribution is -0.154. The van der Waals surface area contributed by atoms with Crippen LogP contribution in [0.15, 0.2) is 24.8 Å². The van der Waals surface area contributed by atoms with Crippen molar-refractivity contribution in [3.63, 3.8) is 0 Å². The molecule has 10 heavy (non-hydrogen) atoms. The van der Waals surface area contributed by atoms with E-state index in [4.69, 9.17) is 5.11 Å². The van der Waals surface area contributed by atoms with Gasteiger partial charge in [-0.1, -0.05) is 12.7 Å². The van der Waals surface area contributed by atoms with E-state index in [9.17, 15) is 4.79 Å². The Labute approximate surface area is 59.6 Å². The molecule has 0 heterocycles. The van der Waals surface area contributed by atoms with E-state index in [-0.39, 0.29) is 0 Å². The third-order valence-corrected chi connectivity index (χ3v) is 0.741. The molecule has 0 saturated heterocycles. The first-order valence-electron chi connectivity index (χ1n) is 2.84. The van der Waals surface area contributed by atoms with Gasteiger partial charge in [-0.2, -0.15) is 0 Å². The summed E-state index contributed by atoms with van der Waals surface area (Å²) in [5, 5.41) is 8.66. The first-order valence-corrected chi connectivity index (χ1v) is 2.84. The molecule has 0 aromatic carbocycles. The molecule has 0 aliphatic rings. The van der Waals surface area contributed by atoms with Crippen LogP contribution < -0.4 is 0 Å². The Morgan fingerprint density at radius 1 is 1.80 bits per heavy atom. The molecule has 0 aromatic heterocycles. The standard InChI is InChI=1S/C7H10O3/c1-3-5-7(9)10-6(8)4-2/h3-6,8H,2H2,1H3. The van der Waals surface area contributed by atoms with E-state index in [0.29, 0.717) is 0 Å². The molecule has 0 aliphatic heterocycles. The van der Waals surface area contributed by atoms with Crippen LogP contribution in [0.2, 0.25) is 0 Å². The Hall–Kier alpha value is -1.09. The van der Waals surface area contributed by atoms with E-state index in [1.165, 1.54) is 12.2 Å². The fraction of sp³-hybridized carbons (Fsp3) is 0.286. The summed E-state index contributed by atoms with van der Waals surface area (Å²) < 4.78 is 4.35. The Morgan fingerprint density at radius 3 is 2.80 bits per heavy atom. The van der Waals surface area contributed by atoms with E-state index in [1.807, 2.05) is 0 Å². The highest BCUT2D eigenvalue weighted by Gasteiger charge is 2.01. The van der Waals surface area contributed by atoms with Crippen LogP contribution in [0.25, 0.3) is 0 Å². The third-order valence-electron chi connectivity index (χ3n) is 0.741. The molecule has 0 spiro atoms. The second-order valence-electron chi connectivity index (χ2n) is 1.56. The van der Waals surface area contributed by atoms with Gasteiger partial charge in [-0.15, -0.1) is 0 Å². The summed E-state index contributed by atoms with van der Waals surface area (Å²) in [5.74, 6) is -0.574. The molecule has 0 rings (SSSR count). The molecule has 0 saturated carbocycles. The quantitative estimate of drug-likeness (QED) is 0.272. The second kappa shape index (κ2) is 4.76. The van der Waals surface area contributed by atoms with Crippen LogP contribution in [0.1, 0.15) is 6.92 Å². The maximum absolute atomic E-state index is 10.5. The Bertz CT molecular complexity index is 149. The van der Waals surface area contributed by atoms with Gasteiger partial charge in [0.2, 0.25) is 6.29 Å². The number of rotatable bonds is 3. The number of allylic oxidation sites excluding steroid dienone is 1. The van der Waals surface area contributed by atoms with E-state index in [0.717, 1.165) is 6.08 Å². The molecular weight excluding hydrogens is 132 g/mol. The first-order chi connectivity index (χ1) is 4.70. The summed E-state index contributed by atoms with van der Waals surface area (Å²) in [6.45, 7) is 4.90. The number of carbonyl (C=O) groups is 1. The normalized spacial score (nSPS) is 13.0. The monoisotopic (exact) mass is 142 g/mol.